The molecule has 0 bridgehead atoms. The summed E-state index contributed by atoms with van der Waals surface area (Å²) in [5, 5.41) is 9.56. The van der Waals surface area contributed by atoms with Gasteiger partial charge in [-0.05, 0) is 35.9 Å². The lowest BCUT2D eigenvalue weighted by atomic mass is 10.1. The molecule has 1 aliphatic rings. The standard InChI is InChI=1S/C20H17Cl2N3O3S/c21-18-7-6-17(13-19(18)22)29(27,28)25-11-9-24(10-12-25)20(26)8-5-15-3-1-2-4-16(15)14-23/h1-8,13H,9-12H2/b8-5+. The van der Waals surface area contributed by atoms with Crippen molar-refractivity contribution < 1.29 is 13.2 Å². The maximum atomic E-state index is 12.8. The molecule has 0 radical (unpaired) electrons. The van der Waals surface area contributed by atoms with Crippen LogP contribution in [0.4, 0.5) is 0 Å². The van der Waals surface area contributed by atoms with Crippen LogP contribution in [0.25, 0.3) is 6.08 Å². The SMILES string of the molecule is N#Cc1ccccc1/C=C/C(=O)N1CCN(S(=O)(=O)c2ccc(Cl)c(Cl)c2)CC1. The van der Waals surface area contributed by atoms with Gasteiger partial charge in [-0.2, -0.15) is 9.57 Å². The van der Waals surface area contributed by atoms with Gasteiger partial charge in [0.15, 0.2) is 0 Å². The van der Waals surface area contributed by atoms with Gasteiger partial charge in [-0.25, -0.2) is 8.42 Å². The Balaban J connectivity index is 1.65. The van der Waals surface area contributed by atoms with Crippen molar-refractivity contribution in [2.24, 2.45) is 0 Å². The van der Waals surface area contributed by atoms with Crippen molar-refractivity contribution in [1.29, 1.82) is 5.26 Å². The predicted octanol–water partition coefficient (Wildman–Crippen LogP) is 3.41. The Hall–Kier alpha value is -2.37. The molecule has 29 heavy (non-hydrogen) atoms. The number of nitrogens with zero attached hydrogens (tertiary/aromatic N) is 3. The fourth-order valence-corrected chi connectivity index (χ4v) is 4.76. The summed E-state index contributed by atoms with van der Waals surface area (Å²) >= 11 is 11.8. The van der Waals surface area contributed by atoms with Crippen LogP contribution in [0.15, 0.2) is 53.4 Å². The van der Waals surface area contributed by atoms with E-state index in [2.05, 4.69) is 6.07 Å². The van der Waals surface area contributed by atoms with Crippen LogP contribution < -0.4 is 0 Å². The van der Waals surface area contributed by atoms with Gasteiger partial charge in [-0.1, -0.05) is 41.4 Å². The zero-order valence-corrected chi connectivity index (χ0v) is 17.6. The molecule has 2 aromatic rings. The summed E-state index contributed by atoms with van der Waals surface area (Å²) in [5.41, 5.74) is 1.14. The van der Waals surface area contributed by atoms with Gasteiger partial charge in [0.1, 0.15) is 0 Å². The van der Waals surface area contributed by atoms with Crippen LogP contribution in [-0.2, 0) is 14.8 Å². The van der Waals surface area contributed by atoms with Gasteiger partial charge in [0.2, 0.25) is 15.9 Å². The molecule has 1 amide bonds. The molecule has 0 saturated carbocycles. The average Bonchev–Trinajstić information content (AvgIpc) is 2.74. The van der Waals surface area contributed by atoms with Crippen LogP contribution >= 0.6 is 23.2 Å². The number of halogens is 2. The fraction of sp³-hybridized carbons (Fsp3) is 0.200. The Morgan fingerprint density at radius 3 is 2.38 bits per heavy atom. The molecule has 9 heteroatoms. The lowest BCUT2D eigenvalue weighted by molar-refractivity contribution is -0.127. The lowest BCUT2D eigenvalue weighted by Crippen LogP contribution is -2.50. The predicted molar refractivity (Wildman–Crippen MR) is 112 cm³/mol. The molecule has 0 unspecified atom stereocenters. The second kappa shape index (κ2) is 8.97. The Bertz CT molecular complexity index is 1100. The van der Waals surface area contributed by atoms with Crippen LogP contribution in [0.3, 0.4) is 0 Å². The van der Waals surface area contributed by atoms with E-state index in [4.69, 9.17) is 28.5 Å². The van der Waals surface area contributed by atoms with E-state index >= 15 is 0 Å². The maximum absolute atomic E-state index is 12.8. The first kappa shape index (κ1) is 21.3. The Labute approximate surface area is 179 Å². The van der Waals surface area contributed by atoms with E-state index in [1.54, 1.807) is 35.2 Å². The quantitative estimate of drug-likeness (QED) is 0.669. The summed E-state index contributed by atoms with van der Waals surface area (Å²) in [6, 6.07) is 13.2. The van der Waals surface area contributed by atoms with Crippen molar-refractivity contribution in [2.75, 3.05) is 26.2 Å². The zero-order chi connectivity index (χ0) is 21.0. The van der Waals surface area contributed by atoms with E-state index in [-0.39, 0.29) is 47.0 Å². The first-order chi connectivity index (χ1) is 13.8. The molecule has 1 fully saturated rings. The number of carbonyl (C=O) groups is 1. The third-order valence-electron chi connectivity index (χ3n) is 4.57. The molecule has 1 saturated heterocycles. The number of hydrogen-bond donors (Lipinski definition) is 0. The van der Waals surface area contributed by atoms with Gasteiger partial charge in [-0.15, -0.1) is 0 Å². The van der Waals surface area contributed by atoms with E-state index in [0.29, 0.717) is 11.1 Å². The fourth-order valence-electron chi connectivity index (χ4n) is 2.95. The number of nitriles is 1. The zero-order valence-electron chi connectivity index (χ0n) is 15.3. The van der Waals surface area contributed by atoms with Crippen molar-refractivity contribution in [1.82, 2.24) is 9.21 Å². The van der Waals surface area contributed by atoms with Gasteiger partial charge in [0, 0.05) is 32.3 Å². The molecule has 0 N–H and O–H groups in total. The van der Waals surface area contributed by atoms with Crippen molar-refractivity contribution in [3.63, 3.8) is 0 Å². The molecule has 0 spiro atoms. The first-order valence-electron chi connectivity index (χ1n) is 8.74. The highest BCUT2D eigenvalue weighted by molar-refractivity contribution is 7.89. The molecule has 150 valence electrons. The Kier molecular flexibility index (Phi) is 6.60. The minimum Gasteiger partial charge on any atom is -0.337 e. The van der Waals surface area contributed by atoms with Crippen LogP contribution in [0, 0.1) is 11.3 Å². The third kappa shape index (κ3) is 4.80. The molecule has 1 heterocycles. The minimum absolute atomic E-state index is 0.0692. The van der Waals surface area contributed by atoms with E-state index in [1.807, 2.05) is 0 Å². The minimum atomic E-state index is -3.72. The summed E-state index contributed by atoms with van der Waals surface area (Å²) in [6.45, 7) is 0.890. The van der Waals surface area contributed by atoms with Crippen LogP contribution in [-0.4, -0.2) is 49.7 Å². The monoisotopic (exact) mass is 449 g/mol. The molecule has 0 aliphatic carbocycles. The molecule has 3 rings (SSSR count). The summed E-state index contributed by atoms with van der Waals surface area (Å²) in [6.07, 6.45) is 3.00. The number of rotatable bonds is 4. The largest absolute Gasteiger partial charge is 0.337 e. The summed E-state index contributed by atoms with van der Waals surface area (Å²) in [7, 11) is -3.72. The van der Waals surface area contributed by atoms with Gasteiger partial charge in [-0.3, -0.25) is 4.79 Å². The molecule has 2 aromatic carbocycles. The molecule has 1 aliphatic heterocycles. The number of hydrogen-bond acceptors (Lipinski definition) is 4. The number of amides is 1. The van der Waals surface area contributed by atoms with Crippen LogP contribution in [0.2, 0.25) is 10.0 Å². The number of benzene rings is 2. The van der Waals surface area contributed by atoms with E-state index in [1.165, 1.54) is 28.6 Å². The Morgan fingerprint density at radius 1 is 1.03 bits per heavy atom. The second-order valence-corrected chi connectivity index (χ2v) is 9.09. The normalized spacial score (nSPS) is 15.4. The highest BCUT2D eigenvalue weighted by atomic mass is 35.5. The van der Waals surface area contributed by atoms with Crippen LogP contribution in [0.5, 0.6) is 0 Å². The highest BCUT2D eigenvalue weighted by Gasteiger charge is 2.30. The smallest absolute Gasteiger partial charge is 0.246 e. The average molecular weight is 450 g/mol. The highest BCUT2D eigenvalue weighted by Crippen LogP contribution is 2.27. The van der Waals surface area contributed by atoms with E-state index in [0.717, 1.165) is 0 Å². The number of carbonyl (C=O) groups excluding carboxylic acids is 1. The van der Waals surface area contributed by atoms with Gasteiger partial charge >= 0.3 is 0 Å². The maximum Gasteiger partial charge on any atom is 0.246 e. The van der Waals surface area contributed by atoms with Gasteiger partial charge < -0.3 is 4.90 Å². The molecule has 0 atom stereocenters. The van der Waals surface area contributed by atoms with Crippen LogP contribution in [0.1, 0.15) is 11.1 Å². The number of piperazine rings is 1. The molecule has 0 aromatic heterocycles. The van der Waals surface area contributed by atoms with Gasteiger partial charge in [0.25, 0.3) is 0 Å². The van der Waals surface area contributed by atoms with Crippen molar-refractivity contribution in [3.8, 4) is 6.07 Å². The summed E-state index contributed by atoms with van der Waals surface area (Å²) in [4.78, 5) is 14.1. The second-order valence-electron chi connectivity index (χ2n) is 6.34. The van der Waals surface area contributed by atoms with Crippen molar-refractivity contribution >= 4 is 45.2 Å². The summed E-state index contributed by atoms with van der Waals surface area (Å²) in [5.74, 6) is -0.232. The van der Waals surface area contributed by atoms with Gasteiger partial charge in [0.05, 0.1) is 26.6 Å². The van der Waals surface area contributed by atoms with Crippen molar-refractivity contribution in [3.05, 3.63) is 69.7 Å². The lowest BCUT2D eigenvalue weighted by Gasteiger charge is -2.33. The molecular weight excluding hydrogens is 433 g/mol. The topological polar surface area (TPSA) is 81.5 Å². The molecule has 6 nitrogen and oxygen atoms in total. The molecular formula is C20H17Cl2N3O3S. The van der Waals surface area contributed by atoms with E-state index in [9.17, 15) is 13.2 Å². The van der Waals surface area contributed by atoms with Crippen molar-refractivity contribution in [2.45, 2.75) is 4.90 Å². The first-order valence-corrected chi connectivity index (χ1v) is 10.9. The summed E-state index contributed by atoms with van der Waals surface area (Å²) < 4.78 is 26.9. The Morgan fingerprint density at radius 2 is 1.72 bits per heavy atom. The number of sulfonamides is 1. The van der Waals surface area contributed by atoms with E-state index < -0.39 is 10.0 Å². The third-order valence-corrected chi connectivity index (χ3v) is 7.20.